The normalized spacial score (nSPS) is 10.8. The molecular formula is C15H15N5O. The summed E-state index contributed by atoms with van der Waals surface area (Å²) in [5.41, 5.74) is 6.81. The summed E-state index contributed by atoms with van der Waals surface area (Å²) in [6.45, 7) is 0.312. The van der Waals surface area contributed by atoms with Crippen molar-refractivity contribution in [3.63, 3.8) is 0 Å². The Morgan fingerprint density at radius 3 is 2.95 bits per heavy atom. The number of fused-ring (bicyclic) bond motifs is 1. The topological polar surface area (TPSA) is 85.8 Å². The highest BCUT2D eigenvalue weighted by atomic mass is 16.2. The van der Waals surface area contributed by atoms with Crippen LogP contribution in [0.5, 0.6) is 0 Å². The molecule has 6 nitrogen and oxygen atoms in total. The number of aromatic nitrogens is 3. The van der Waals surface area contributed by atoms with E-state index in [9.17, 15) is 4.79 Å². The first-order valence-electron chi connectivity index (χ1n) is 6.56. The molecule has 0 unspecified atom stereocenters. The maximum Gasteiger partial charge on any atom is 0.276 e. The Labute approximate surface area is 121 Å². The fourth-order valence-corrected chi connectivity index (χ4v) is 2.26. The molecule has 6 heteroatoms. The summed E-state index contributed by atoms with van der Waals surface area (Å²) in [5, 5.41) is 8.76. The molecule has 0 aliphatic heterocycles. The number of rotatable bonds is 3. The van der Waals surface area contributed by atoms with Crippen molar-refractivity contribution < 1.29 is 4.79 Å². The summed E-state index contributed by atoms with van der Waals surface area (Å²) in [4.78, 5) is 16.6. The third-order valence-electron chi connectivity index (χ3n) is 3.25. The molecule has 2 heterocycles. The predicted octanol–water partition coefficient (Wildman–Crippen LogP) is 1.68. The van der Waals surface area contributed by atoms with Gasteiger partial charge in [-0.05, 0) is 11.5 Å². The summed E-state index contributed by atoms with van der Waals surface area (Å²) in [5.74, 6) is 0.180. The molecule has 106 valence electrons. The molecule has 0 fully saturated rings. The number of aryl methyl sites for hydroxylation is 1. The van der Waals surface area contributed by atoms with Gasteiger partial charge in [-0.2, -0.15) is 5.10 Å². The van der Waals surface area contributed by atoms with E-state index in [0.717, 1.165) is 16.3 Å². The van der Waals surface area contributed by atoms with Gasteiger partial charge in [0.15, 0.2) is 5.82 Å². The van der Waals surface area contributed by atoms with Crippen molar-refractivity contribution >= 4 is 22.5 Å². The van der Waals surface area contributed by atoms with Gasteiger partial charge in [-0.3, -0.25) is 14.5 Å². The summed E-state index contributed by atoms with van der Waals surface area (Å²) in [6.07, 6.45) is 3.41. The zero-order chi connectivity index (χ0) is 14.8. The summed E-state index contributed by atoms with van der Waals surface area (Å²) in [6, 6.07) is 9.50. The SMILES string of the molecule is Cn1cc(CN)c(NC(=O)c2nccc3ccccc23)n1. The predicted molar refractivity (Wildman–Crippen MR) is 80.8 cm³/mol. The standard InChI is InChI=1S/C15H15N5O/c1-20-9-11(8-16)14(19-20)18-15(21)13-12-5-3-2-4-10(12)6-7-17-13/h2-7,9H,8,16H2,1H3,(H,18,19,21). The van der Waals surface area contributed by atoms with Gasteiger partial charge in [-0.15, -0.1) is 0 Å². The molecule has 1 aromatic carbocycles. The fourth-order valence-electron chi connectivity index (χ4n) is 2.26. The molecule has 0 saturated carbocycles. The second-order valence-electron chi connectivity index (χ2n) is 4.72. The number of hydrogen-bond acceptors (Lipinski definition) is 4. The van der Waals surface area contributed by atoms with Gasteiger partial charge in [0, 0.05) is 36.9 Å². The van der Waals surface area contributed by atoms with E-state index < -0.39 is 0 Å². The molecule has 0 bridgehead atoms. The smallest absolute Gasteiger partial charge is 0.276 e. The van der Waals surface area contributed by atoms with Gasteiger partial charge in [0.05, 0.1) is 0 Å². The van der Waals surface area contributed by atoms with E-state index in [0.29, 0.717) is 18.1 Å². The lowest BCUT2D eigenvalue weighted by Gasteiger charge is -2.06. The quantitative estimate of drug-likeness (QED) is 0.764. The summed E-state index contributed by atoms with van der Waals surface area (Å²) in [7, 11) is 1.78. The number of amides is 1. The van der Waals surface area contributed by atoms with Crippen LogP contribution in [0.3, 0.4) is 0 Å². The van der Waals surface area contributed by atoms with Gasteiger partial charge in [0.25, 0.3) is 5.91 Å². The summed E-state index contributed by atoms with van der Waals surface area (Å²) >= 11 is 0. The minimum absolute atomic E-state index is 0.291. The number of nitrogens with one attached hydrogen (secondary N) is 1. The molecule has 1 amide bonds. The van der Waals surface area contributed by atoms with Gasteiger partial charge >= 0.3 is 0 Å². The number of pyridine rings is 1. The first kappa shape index (κ1) is 13.3. The molecule has 3 aromatic rings. The average Bonchev–Trinajstić information content (AvgIpc) is 2.86. The van der Waals surface area contributed by atoms with E-state index in [2.05, 4.69) is 15.4 Å². The summed E-state index contributed by atoms with van der Waals surface area (Å²) < 4.78 is 1.62. The number of benzene rings is 1. The van der Waals surface area contributed by atoms with Crippen LogP contribution in [0.25, 0.3) is 10.8 Å². The molecule has 0 aliphatic rings. The molecular weight excluding hydrogens is 266 g/mol. The van der Waals surface area contributed by atoms with Crippen LogP contribution in [-0.2, 0) is 13.6 Å². The second kappa shape index (κ2) is 5.34. The molecule has 2 aromatic heterocycles. The second-order valence-corrected chi connectivity index (χ2v) is 4.72. The zero-order valence-electron chi connectivity index (χ0n) is 11.6. The van der Waals surface area contributed by atoms with Crippen LogP contribution in [0.2, 0.25) is 0 Å². The Hall–Kier alpha value is -2.73. The van der Waals surface area contributed by atoms with Crippen molar-refractivity contribution in [1.82, 2.24) is 14.8 Å². The number of carbonyl (C=O) groups is 1. The highest BCUT2D eigenvalue weighted by molar-refractivity contribution is 6.11. The number of nitrogens with two attached hydrogens (primary N) is 1. The minimum atomic E-state index is -0.291. The van der Waals surface area contributed by atoms with Crippen molar-refractivity contribution in [3.8, 4) is 0 Å². The highest BCUT2D eigenvalue weighted by Crippen LogP contribution is 2.18. The van der Waals surface area contributed by atoms with Crippen molar-refractivity contribution in [2.45, 2.75) is 6.54 Å². The van der Waals surface area contributed by atoms with Crippen LogP contribution in [0.1, 0.15) is 16.1 Å². The van der Waals surface area contributed by atoms with Crippen LogP contribution >= 0.6 is 0 Å². The molecule has 0 saturated heterocycles. The lowest BCUT2D eigenvalue weighted by Crippen LogP contribution is -2.16. The van der Waals surface area contributed by atoms with Crippen LogP contribution in [0.15, 0.2) is 42.7 Å². The lowest BCUT2D eigenvalue weighted by molar-refractivity contribution is 0.102. The Kier molecular flexibility index (Phi) is 3.37. The average molecular weight is 281 g/mol. The van der Waals surface area contributed by atoms with Crippen LogP contribution in [0.4, 0.5) is 5.82 Å². The van der Waals surface area contributed by atoms with Gasteiger partial charge in [-0.1, -0.05) is 24.3 Å². The molecule has 0 spiro atoms. The van der Waals surface area contributed by atoms with E-state index in [-0.39, 0.29) is 5.91 Å². The van der Waals surface area contributed by atoms with Crippen molar-refractivity contribution in [3.05, 3.63) is 54.0 Å². The Morgan fingerprint density at radius 1 is 1.33 bits per heavy atom. The Balaban J connectivity index is 1.97. The Morgan fingerprint density at radius 2 is 2.14 bits per heavy atom. The molecule has 0 atom stereocenters. The van der Waals surface area contributed by atoms with E-state index in [1.54, 1.807) is 24.1 Å². The first-order chi connectivity index (χ1) is 10.2. The van der Waals surface area contributed by atoms with Gasteiger partial charge in [0.2, 0.25) is 0 Å². The number of nitrogens with zero attached hydrogens (tertiary/aromatic N) is 3. The van der Waals surface area contributed by atoms with Gasteiger partial charge < -0.3 is 11.1 Å². The zero-order valence-corrected chi connectivity index (χ0v) is 11.6. The third kappa shape index (κ3) is 2.48. The van der Waals surface area contributed by atoms with Crippen LogP contribution < -0.4 is 11.1 Å². The van der Waals surface area contributed by atoms with Crippen molar-refractivity contribution in [2.24, 2.45) is 12.8 Å². The molecule has 21 heavy (non-hydrogen) atoms. The van der Waals surface area contributed by atoms with Gasteiger partial charge in [0.1, 0.15) is 5.69 Å². The lowest BCUT2D eigenvalue weighted by atomic mass is 10.1. The Bertz CT molecular complexity index is 803. The molecule has 0 radical (unpaired) electrons. The van der Waals surface area contributed by atoms with Crippen molar-refractivity contribution in [1.29, 1.82) is 0 Å². The maximum atomic E-state index is 12.4. The number of anilines is 1. The van der Waals surface area contributed by atoms with E-state index in [1.165, 1.54) is 0 Å². The fraction of sp³-hybridized carbons (Fsp3) is 0.133. The van der Waals surface area contributed by atoms with E-state index in [1.807, 2.05) is 30.3 Å². The van der Waals surface area contributed by atoms with Crippen LogP contribution in [-0.4, -0.2) is 20.7 Å². The van der Waals surface area contributed by atoms with Gasteiger partial charge in [-0.25, -0.2) is 0 Å². The highest BCUT2D eigenvalue weighted by Gasteiger charge is 2.15. The molecule has 3 rings (SSSR count). The van der Waals surface area contributed by atoms with Crippen molar-refractivity contribution in [2.75, 3.05) is 5.32 Å². The monoisotopic (exact) mass is 281 g/mol. The van der Waals surface area contributed by atoms with E-state index in [4.69, 9.17) is 5.73 Å². The molecule has 3 N–H and O–H groups in total. The minimum Gasteiger partial charge on any atom is -0.326 e. The number of carbonyl (C=O) groups excluding carboxylic acids is 1. The van der Waals surface area contributed by atoms with Crippen LogP contribution in [0, 0.1) is 0 Å². The first-order valence-corrected chi connectivity index (χ1v) is 6.56. The number of hydrogen-bond donors (Lipinski definition) is 2. The third-order valence-corrected chi connectivity index (χ3v) is 3.25. The maximum absolute atomic E-state index is 12.4. The molecule has 0 aliphatic carbocycles. The van der Waals surface area contributed by atoms with E-state index >= 15 is 0 Å². The largest absolute Gasteiger partial charge is 0.326 e.